The van der Waals surface area contributed by atoms with Crippen LogP contribution in [0.3, 0.4) is 0 Å². The predicted molar refractivity (Wildman–Crippen MR) is 125 cm³/mol. The van der Waals surface area contributed by atoms with Gasteiger partial charge in [-0.3, -0.25) is 9.59 Å². The van der Waals surface area contributed by atoms with Crippen LogP contribution in [0.2, 0.25) is 0 Å². The number of nitrogens with one attached hydrogen (secondary N) is 1. The van der Waals surface area contributed by atoms with Crippen LogP contribution in [0.25, 0.3) is 6.08 Å². The molecule has 2 aromatic rings. The SMILES string of the molecule is COc1cc(/C=C/C(=O)NCc2ccccc2N2CCN(C)CC2)ccc1OCC(N)=O. The lowest BCUT2D eigenvalue weighted by Crippen LogP contribution is -2.45. The second-order valence-corrected chi connectivity index (χ2v) is 7.64. The number of hydrogen-bond acceptors (Lipinski definition) is 6. The van der Waals surface area contributed by atoms with Gasteiger partial charge < -0.3 is 30.3 Å². The summed E-state index contributed by atoms with van der Waals surface area (Å²) in [7, 11) is 3.64. The molecule has 32 heavy (non-hydrogen) atoms. The van der Waals surface area contributed by atoms with Crippen LogP contribution in [-0.2, 0) is 16.1 Å². The highest BCUT2D eigenvalue weighted by molar-refractivity contribution is 5.91. The van der Waals surface area contributed by atoms with Gasteiger partial charge in [-0.15, -0.1) is 0 Å². The molecule has 1 fully saturated rings. The van der Waals surface area contributed by atoms with Crippen LogP contribution in [0.1, 0.15) is 11.1 Å². The minimum atomic E-state index is -0.568. The van der Waals surface area contributed by atoms with Crippen molar-refractivity contribution in [3.05, 3.63) is 59.7 Å². The van der Waals surface area contributed by atoms with Crippen molar-refractivity contribution in [3.63, 3.8) is 0 Å². The van der Waals surface area contributed by atoms with E-state index < -0.39 is 5.91 Å². The molecule has 1 saturated heterocycles. The van der Waals surface area contributed by atoms with Crippen LogP contribution >= 0.6 is 0 Å². The van der Waals surface area contributed by atoms with Gasteiger partial charge in [0.1, 0.15) is 0 Å². The summed E-state index contributed by atoms with van der Waals surface area (Å²) in [6, 6.07) is 13.3. The second kappa shape index (κ2) is 11.2. The number of nitrogens with zero attached hydrogens (tertiary/aromatic N) is 2. The van der Waals surface area contributed by atoms with Gasteiger partial charge in [-0.1, -0.05) is 24.3 Å². The van der Waals surface area contributed by atoms with Crippen molar-refractivity contribution in [2.24, 2.45) is 5.73 Å². The summed E-state index contributed by atoms with van der Waals surface area (Å²) in [5.41, 5.74) is 8.13. The number of para-hydroxylation sites is 1. The Morgan fingerprint density at radius 3 is 2.56 bits per heavy atom. The summed E-state index contributed by atoms with van der Waals surface area (Å²) < 4.78 is 10.6. The molecule has 0 bridgehead atoms. The number of carbonyl (C=O) groups excluding carboxylic acids is 2. The molecule has 8 heteroatoms. The number of amides is 2. The predicted octanol–water partition coefficient (Wildman–Crippen LogP) is 1.64. The van der Waals surface area contributed by atoms with E-state index in [2.05, 4.69) is 28.2 Å². The van der Waals surface area contributed by atoms with E-state index in [4.69, 9.17) is 15.2 Å². The maximum atomic E-state index is 12.4. The quantitative estimate of drug-likeness (QED) is 0.578. The first-order chi connectivity index (χ1) is 15.5. The number of piperazine rings is 1. The first kappa shape index (κ1) is 23.1. The minimum Gasteiger partial charge on any atom is -0.493 e. The molecule has 1 aliphatic heterocycles. The summed E-state index contributed by atoms with van der Waals surface area (Å²) in [6.45, 7) is 4.22. The first-order valence-electron chi connectivity index (χ1n) is 10.5. The topological polar surface area (TPSA) is 97.1 Å². The molecular weight excluding hydrogens is 408 g/mol. The van der Waals surface area contributed by atoms with Crippen molar-refractivity contribution in [2.45, 2.75) is 6.54 Å². The van der Waals surface area contributed by atoms with Gasteiger partial charge in [0.2, 0.25) is 5.91 Å². The van der Waals surface area contributed by atoms with Gasteiger partial charge in [-0.25, -0.2) is 0 Å². The molecule has 170 valence electrons. The average molecular weight is 439 g/mol. The summed E-state index contributed by atoms with van der Waals surface area (Å²) >= 11 is 0. The van der Waals surface area contributed by atoms with Crippen molar-refractivity contribution in [2.75, 3.05) is 51.8 Å². The Bertz CT molecular complexity index is 968. The number of likely N-dealkylation sites (N-methyl/N-ethyl adjacent to an activating group) is 1. The number of anilines is 1. The van der Waals surface area contributed by atoms with Crippen molar-refractivity contribution in [3.8, 4) is 11.5 Å². The van der Waals surface area contributed by atoms with Gasteiger partial charge in [0, 0.05) is 44.5 Å². The number of benzene rings is 2. The number of rotatable bonds is 9. The Kier molecular flexibility index (Phi) is 8.10. The van der Waals surface area contributed by atoms with Crippen molar-refractivity contribution in [1.29, 1.82) is 0 Å². The smallest absolute Gasteiger partial charge is 0.255 e. The van der Waals surface area contributed by atoms with E-state index in [9.17, 15) is 9.59 Å². The highest BCUT2D eigenvalue weighted by Crippen LogP contribution is 2.28. The number of primary amides is 1. The van der Waals surface area contributed by atoms with Gasteiger partial charge in [-0.05, 0) is 42.4 Å². The second-order valence-electron chi connectivity index (χ2n) is 7.64. The lowest BCUT2D eigenvalue weighted by atomic mass is 10.1. The van der Waals surface area contributed by atoms with Crippen LogP contribution in [0.15, 0.2) is 48.5 Å². The normalized spacial score (nSPS) is 14.4. The van der Waals surface area contributed by atoms with Gasteiger partial charge in [-0.2, -0.15) is 0 Å². The fourth-order valence-electron chi connectivity index (χ4n) is 3.49. The van der Waals surface area contributed by atoms with Gasteiger partial charge in [0.15, 0.2) is 18.1 Å². The number of methoxy groups -OCH3 is 1. The first-order valence-corrected chi connectivity index (χ1v) is 10.5. The molecule has 0 spiro atoms. The summed E-state index contributed by atoms with van der Waals surface area (Å²) in [5.74, 6) is 0.108. The maximum Gasteiger partial charge on any atom is 0.255 e. The van der Waals surface area contributed by atoms with E-state index in [1.54, 1.807) is 24.3 Å². The molecule has 1 aliphatic rings. The lowest BCUT2D eigenvalue weighted by Gasteiger charge is -2.35. The molecule has 0 atom stereocenters. The number of nitrogens with two attached hydrogens (primary N) is 1. The van der Waals surface area contributed by atoms with Crippen LogP contribution < -0.4 is 25.4 Å². The molecule has 2 amide bonds. The van der Waals surface area contributed by atoms with E-state index in [1.165, 1.54) is 18.9 Å². The molecule has 2 aromatic carbocycles. The number of hydrogen-bond donors (Lipinski definition) is 2. The lowest BCUT2D eigenvalue weighted by molar-refractivity contribution is -0.120. The summed E-state index contributed by atoms with van der Waals surface area (Å²) in [5, 5.41) is 2.96. The zero-order chi connectivity index (χ0) is 22.9. The highest BCUT2D eigenvalue weighted by Gasteiger charge is 2.16. The minimum absolute atomic E-state index is 0.189. The Morgan fingerprint density at radius 2 is 1.84 bits per heavy atom. The summed E-state index contributed by atoms with van der Waals surface area (Å²) in [6.07, 6.45) is 3.18. The maximum absolute atomic E-state index is 12.4. The number of carbonyl (C=O) groups is 2. The van der Waals surface area contributed by atoms with Crippen LogP contribution in [0.4, 0.5) is 5.69 Å². The van der Waals surface area contributed by atoms with E-state index in [-0.39, 0.29) is 12.5 Å². The van der Waals surface area contributed by atoms with Crippen molar-refractivity contribution < 1.29 is 19.1 Å². The van der Waals surface area contributed by atoms with E-state index in [0.29, 0.717) is 18.0 Å². The molecule has 3 rings (SSSR count). The van der Waals surface area contributed by atoms with Crippen LogP contribution in [0.5, 0.6) is 11.5 Å². The average Bonchev–Trinajstić information content (AvgIpc) is 2.81. The standard InChI is InChI=1S/C24H30N4O4/c1-27-11-13-28(14-12-27)20-6-4-3-5-19(20)16-26-24(30)10-8-18-7-9-21(22(15-18)31-2)32-17-23(25)29/h3-10,15H,11-14,16-17H2,1-2H3,(H2,25,29)(H,26,30)/b10-8+. The van der Waals surface area contributed by atoms with Crippen LogP contribution in [0, 0.1) is 0 Å². The fourth-order valence-corrected chi connectivity index (χ4v) is 3.49. The van der Waals surface area contributed by atoms with E-state index in [0.717, 1.165) is 37.3 Å². The molecule has 0 aliphatic carbocycles. The van der Waals surface area contributed by atoms with E-state index >= 15 is 0 Å². The molecule has 8 nitrogen and oxygen atoms in total. The van der Waals surface area contributed by atoms with Crippen LogP contribution in [-0.4, -0.2) is 63.7 Å². The molecule has 0 saturated carbocycles. The summed E-state index contributed by atoms with van der Waals surface area (Å²) in [4.78, 5) is 28.0. The van der Waals surface area contributed by atoms with Gasteiger partial charge in [0.05, 0.1) is 7.11 Å². The fraction of sp³-hybridized carbons (Fsp3) is 0.333. The molecule has 0 aromatic heterocycles. The Balaban J connectivity index is 1.59. The van der Waals surface area contributed by atoms with Crippen molar-refractivity contribution in [1.82, 2.24) is 10.2 Å². The molecular formula is C24H30N4O4. The zero-order valence-corrected chi connectivity index (χ0v) is 18.5. The third kappa shape index (κ3) is 6.49. The zero-order valence-electron chi connectivity index (χ0n) is 18.5. The van der Waals surface area contributed by atoms with Gasteiger partial charge in [0.25, 0.3) is 5.91 Å². The molecule has 3 N–H and O–H groups in total. The van der Waals surface area contributed by atoms with Crippen molar-refractivity contribution >= 4 is 23.6 Å². The monoisotopic (exact) mass is 438 g/mol. The molecule has 0 radical (unpaired) electrons. The Labute approximate surface area is 188 Å². The van der Waals surface area contributed by atoms with Gasteiger partial charge >= 0.3 is 0 Å². The third-order valence-electron chi connectivity index (χ3n) is 5.27. The molecule has 0 unspecified atom stereocenters. The third-order valence-corrected chi connectivity index (χ3v) is 5.27. The van der Waals surface area contributed by atoms with E-state index in [1.807, 2.05) is 18.2 Å². The molecule has 1 heterocycles. The Hall–Kier alpha value is -3.52. The Morgan fingerprint density at radius 1 is 1.09 bits per heavy atom. The highest BCUT2D eigenvalue weighted by atomic mass is 16.5. The number of ether oxygens (including phenoxy) is 2. The largest absolute Gasteiger partial charge is 0.493 e.